The lowest BCUT2D eigenvalue weighted by atomic mass is 9.49. The van der Waals surface area contributed by atoms with Gasteiger partial charge >= 0.3 is 0 Å². The van der Waals surface area contributed by atoms with Crippen molar-refractivity contribution < 1.29 is 9.90 Å². The van der Waals surface area contributed by atoms with Crippen molar-refractivity contribution in [3.8, 4) is 0 Å². The van der Waals surface area contributed by atoms with Gasteiger partial charge in [0.15, 0.2) is 5.78 Å². The van der Waals surface area contributed by atoms with Gasteiger partial charge in [-0.25, -0.2) is 0 Å². The zero-order valence-corrected chi connectivity index (χ0v) is 13.1. The van der Waals surface area contributed by atoms with Crippen molar-refractivity contribution in [1.29, 1.82) is 0 Å². The van der Waals surface area contributed by atoms with Crippen molar-refractivity contribution >= 4 is 5.78 Å². The van der Waals surface area contributed by atoms with E-state index < -0.39 is 0 Å². The molecule has 0 saturated heterocycles. The van der Waals surface area contributed by atoms with Gasteiger partial charge in [0.1, 0.15) is 0 Å². The summed E-state index contributed by atoms with van der Waals surface area (Å²) in [5.41, 5.74) is 1.57. The molecule has 4 aliphatic carbocycles. The van der Waals surface area contributed by atoms with Gasteiger partial charge in [-0.1, -0.05) is 26.0 Å². The molecule has 2 saturated carbocycles. The second kappa shape index (κ2) is 4.32. The topological polar surface area (TPSA) is 37.3 Å². The van der Waals surface area contributed by atoms with E-state index in [4.69, 9.17) is 0 Å². The number of rotatable bonds is 0. The van der Waals surface area contributed by atoms with E-state index in [9.17, 15) is 9.90 Å². The van der Waals surface area contributed by atoms with E-state index in [1.165, 1.54) is 12.0 Å². The van der Waals surface area contributed by atoms with Crippen molar-refractivity contribution in [1.82, 2.24) is 0 Å². The molecule has 4 aliphatic rings. The van der Waals surface area contributed by atoms with Crippen LogP contribution in [-0.4, -0.2) is 17.0 Å². The fraction of sp³-hybridized carbons (Fsp3) is 0.737. The predicted molar refractivity (Wildman–Crippen MR) is 82.6 cm³/mol. The maximum absolute atomic E-state index is 11.8. The number of fused-ring (bicyclic) bond motifs is 5. The SMILES string of the molecule is C[C@]12CC[C@@H]3[C@H](C=CC4=CC(=O)CC[C@@]43C)[C@H]1CC[C@@H]2O. The largest absolute Gasteiger partial charge is 0.393 e. The van der Waals surface area contributed by atoms with Crippen LogP contribution in [0.3, 0.4) is 0 Å². The molecule has 0 radical (unpaired) electrons. The first-order valence-electron chi connectivity index (χ1n) is 8.56. The molecule has 2 nitrogen and oxygen atoms in total. The van der Waals surface area contributed by atoms with Gasteiger partial charge in [-0.05, 0) is 72.3 Å². The molecule has 0 aromatic heterocycles. The van der Waals surface area contributed by atoms with Crippen LogP contribution in [0.25, 0.3) is 0 Å². The van der Waals surface area contributed by atoms with Crippen LogP contribution < -0.4 is 0 Å². The van der Waals surface area contributed by atoms with Gasteiger partial charge in [-0.3, -0.25) is 4.79 Å². The third-order valence-corrected chi connectivity index (χ3v) is 7.47. The molecule has 4 rings (SSSR count). The lowest BCUT2D eigenvalue weighted by Gasteiger charge is -2.55. The van der Waals surface area contributed by atoms with Crippen LogP contribution in [0.1, 0.15) is 52.4 Å². The number of carbonyl (C=O) groups is 1. The summed E-state index contributed by atoms with van der Waals surface area (Å²) < 4.78 is 0. The predicted octanol–water partition coefficient (Wildman–Crippen LogP) is 3.66. The fourth-order valence-electron chi connectivity index (χ4n) is 5.97. The molecule has 0 spiro atoms. The van der Waals surface area contributed by atoms with E-state index in [1.54, 1.807) is 0 Å². The van der Waals surface area contributed by atoms with E-state index in [1.807, 2.05) is 6.08 Å². The number of hydrogen-bond acceptors (Lipinski definition) is 2. The Hall–Kier alpha value is -0.890. The van der Waals surface area contributed by atoms with Crippen LogP contribution in [-0.2, 0) is 4.79 Å². The first-order valence-corrected chi connectivity index (χ1v) is 8.56. The quantitative estimate of drug-likeness (QED) is 0.738. The molecule has 0 aliphatic heterocycles. The molecule has 0 aromatic carbocycles. The Morgan fingerprint density at radius 1 is 1.14 bits per heavy atom. The highest BCUT2D eigenvalue weighted by molar-refractivity contribution is 5.92. The molecule has 0 aromatic rings. The summed E-state index contributed by atoms with van der Waals surface area (Å²) in [7, 11) is 0. The normalized spacial score (nSPS) is 52.0. The van der Waals surface area contributed by atoms with Crippen molar-refractivity contribution in [2.75, 3.05) is 0 Å². The Morgan fingerprint density at radius 3 is 2.76 bits per heavy atom. The minimum atomic E-state index is -0.116. The second-order valence-corrected chi connectivity index (χ2v) is 8.27. The lowest BCUT2D eigenvalue weighted by molar-refractivity contribution is -0.116. The zero-order valence-electron chi connectivity index (χ0n) is 13.1. The molecule has 0 amide bonds. The smallest absolute Gasteiger partial charge is 0.156 e. The van der Waals surface area contributed by atoms with Crippen molar-refractivity contribution in [2.45, 2.75) is 58.5 Å². The van der Waals surface area contributed by atoms with Gasteiger partial charge in [0.25, 0.3) is 0 Å². The Labute approximate surface area is 127 Å². The molecular weight excluding hydrogens is 260 g/mol. The van der Waals surface area contributed by atoms with Crippen molar-refractivity contribution in [2.24, 2.45) is 28.6 Å². The highest BCUT2D eigenvalue weighted by Crippen LogP contribution is 2.63. The van der Waals surface area contributed by atoms with Gasteiger partial charge in [0.05, 0.1) is 6.10 Å². The molecule has 2 heteroatoms. The maximum Gasteiger partial charge on any atom is 0.156 e. The number of ketones is 1. The Bertz CT molecular complexity index is 546. The third kappa shape index (κ3) is 1.72. The molecule has 1 N–H and O–H groups in total. The standard InChI is InChI=1S/C19H26O2/c1-18-9-7-13(20)11-12(18)3-4-14-15-5-6-17(21)19(15,2)10-8-16(14)18/h3-4,11,14-17,21H,5-10H2,1-2H3/t14-,15-,16-,17+,18+,19+/m1/s1. The van der Waals surface area contributed by atoms with Crippen LogP contribution >= 0.6 is 0 Å². The van der Waals surface area contributed by atoms with Gasteiger partial charge in [0, 0.05) is 6.42 Å². The Balaban J connectivity index is 1.75. The Morgan fingerprint density at radius 2 is 1.95 bits per heavy atom. The van der Waals surface area contributed by atoms with Gasteiger partial charge in [0.2, 0.25) is 0 Å². The minimum absolute atomic E-state index is 0.116. The van der Waals surface area contributed by atoms with Gasteiger partial charge in [-0.2, -0.15) is 0 Å². The summed E-state index contributed by atoms with van der Waals surface area (Å²) in [6.07, 6.45) is 12.6. The van der Waals surface area contributed by atoms with Crippen molar-refractivity contribution in [3.63, 3.8) is 0 Å². The first kappa shape index (κ1) is 13.8. The third-order valence-electron chi connectivity index (χ3n) is 7.47. The highest BCUT2D eigenvalue weighted by atomic mass is 16.3. The van der Waals surface area contributed by atoms with E-state index in [0.717, 1.165) is 25.7 Å². The van der Waals surface area contributed by atoms with Crippen molar-refractivity contribution in [3.05, 3.63) is 23.8 Å². The monoisotopic (exact) mass is 286 g/mol. The molecule has 21 heavy (non-hydrogen) atoms. The van der Waals surface area contributed by atoms with Crippen LogP contribution in [0.4, 0.5) is 0 Å². The molecule has 114 valence electrons. The Kier molecular flexibility index (Phi) is 2.83. The van der Waals surface area contributed by atoms with Crippen LogP contribution in [0.2, 0.25) is 0 Å². The van der Waals surface area contributed by atoms with Crippen LogP contribution in [0.15, 0.2) is 23.8 Å². The van der Waals surface area contributed by atoms with E-state index in [-0.39, 0.29) is 16.9 Å². The molecule has 0 heterocycles. The molecule has 0 bridgehead atoms. The van der Waals surface area contributed by atoms with E-state index in [0.29, 0.717) is 30.0 Å². The molecule has 6 atom stereocenters. The summed E-state index contributed by atoms with van der Waals surface area (Å²) in [5.74, 6) is 2.17. The zero-order chi connectivity index (χ0) is 14.8. The summed E-state index contributed by atoms with van der Waals surface area (Å²) >= 11 is 0. The number of hydrogen-bond donors (Lipinski definition) is 1. The first-order chi connectivity index (χ1) is 9.95. The number of aliphatic hydroxyl groups is 1. The fourth-order valence-corrected chi connectivity index (χ4v) is 5.97. The average Bonchev–Trinajstić information content (AvgIpc) is 2.76. The molecule has 0 unspecified atom stereocenters. The van der Waals surface area contributed by atoms with Gasteiger partial charge in [-0.15, -0.1) is 0 Å². The van der Waals surface area contributed by atoms with Crippen LogP contribution in [0.5, 0.6) is 0 Å². The summed E-state index contributed by atoms with van der Waals surface area (Å²) in [6, 6.07) is 0. The average molecular weight is 286 g/mol. The summed E-state index contributed by atoms with van der Waals surface area (Å²) in [5, 5.41) is 10.4. The molecule has 2 fully saturated rings. The second-order valence-electron chi connectivity index (χ2n) is 8.27. The summed E-state index contributed by atoms with van der Waals surface area (Å²) in [6.45, 7) is 4.68. The van der Waals surface area contributed by atoms with E-state index in [2.05, 4.69) is 26.0 Å². The van der Waals surface area contributed by atoms with E-state index >= 15 is 0 Å². The highest BCUT2D eigenvalue weighted by Gasteiger charge is 2.57. The number of allylic oxidation sites excluding steroid dienone is 4. The van der Waals surface area contributed by atoms with Gasteiger partial charge < -0.3 is 5.11 Å². The summed E-state index contributed by atoms with van der Waals surface area (Å²) in [4.78, 5) is 11.8. The maximum atomic E-state index is 11.8. The van der Waals surface area contributed by atoms with Crippen LogP contribution in [0, 0.1) is 28.6 Å². The molecular formula is C19H26O2. The lowest BCUT2D eigenvalue weighted by Crippen LogP contribution is -2.49. The number of aliphatic hydroxyl groups excluding tert-OH is 1. The minimum Gasteiger partial charge on any atom is -0.393 e. The number of carbonyl (C=O) groups excluding carboxylic acids is 1.